The maximum atomic E-state index is 6.00. The fraction of sp³-hybridized carbons (Fsp3) is 0.700. The first-order valence-electron chi connectivity index (χ1n) is 5.72. The lowest BCUT2D eigenvalue weighted by atomic mass is 10.1. The van der Waals surface area contributed by atoms with Crippen LogP contribution >= 0.6 is 11.3 Å². The fourth-order valence-corrected chi connectivity index (χ4v) is 2.99. The third-order valence-corrected chi connectivity index (χ3v) is 4.02. The van der Waals surface area contributed by atoms with E-state index in [0.717, 1.165) is 15.8 Å². The van der Waals surface area contributed by atoms with E-state index >= 15 is 0 Å². The molecule has 92 valence electrons. The van der Waals surface area contributed by atoms with Crippen molar-refractivity contribution in [2.24, 2.45) is 5.73 Å². The van der Waals surface area contributed by atoms with E-state index in [2.05, 4.69) is 29.1 Å². The lowest BCUT2D eigenvalue weighted by Crippen LogP contribution is -2.26. The first-order valence-corrected chi connectivity index (χ1v) is 6.54. The molecule has 2 N–H and O–H groups in total. The second kappa shape index (κ2) is 4.01. The molecule has 17 heavy (non-hydrogen) atoms. The molecule has 2 aromatic rings. The van der Waals surface area contributed by atoms with Crippen molar-refractivity contribution in [1.29, 1.82) is 0 Å². The van der Waals surface area contributed by atoms with Crippen LogP contribution < -0.4 is 5.73 Å². The van der Waals surface area contributed by atoms with Gasteiger partial charge in [-0.3, -0.25) is 0 Å². The highest BCUT2D eigenvalue weighted by Crippen LogP contribution is 2.29. The van der Waals surface area contributed by atoms with Gasteiger partial charge in [0.15, 0.2) is 5.82 Å². The topological polar surface area (TPSA) is 78.3 Å². The van der Waals surface area contributed by atoms with Gasteiger partial charge in [0, 0.05) is 12.0 Å². The Labute approximate surface area is 103 Å². The third kappa shape index (κ3) is 1.74. The van der Waals surface area contributed by atoms with Gasteiger partial charge in [-0.1, -0.05) is 25.2 Å². The van der Waals surface area contributed by atoms with E-state index in [1.54, 1.807) is 11.3 Å². The molecular weight excluding hydrogens is 238 g/mol. The summed E-state index contributed by atoms with van der Waals surface area (Å²) in [6.45, 7) is 5.43. The molecule has 7 heteroatoms. The Hall–Kier alpha value is -1.05. The lowest BCUT2D eigenvalue weighted by molar-refractivity contribution is 0.191. The summed E-state index contributed by atoms with van der Waals surface area (Å²) in [6, 6.07) is 0.0429. The summed E-state index contributed by atoms with van der Waals surface area (Å²) in [6.07, 6.45) is 0. The molecule has 0 aromatic carbocycles. The molecule has 1 saturated heterocycles. The summed E-state index contributed by atoms with van der Waals surface area (Å²) in [5, 5.41) is 13.9. The van der Waals surface area contributed by atoms with Gasteiger partial charge in [0.05, 0.1) is 19.1 Å². The first kappa shape index (κ1) is 11.1. The van der Waals surface area contributed by atoms with Crippen LogP contribution in [0.2, 0.25) is 0 Å². The molecule has 0 radical (unpaired) electrons. The van der Waals surface area contributed by atoms with Crippen LogP contribution in [0.4, 0.5) is 0 Å². The maximum Gasteiger partial charge on any atom is 0.234 e. The van der Waals surface area contributed by atoms with Crippen LogP contribution in [-0.2, 0) is 4.74 Å². The van der Waals surface area contributed by atoms with Crippen LogP contribution in [0.15, 0.2) is 0 Å². The Kier molecular flexibility index (Phi) is 2.61. The van der Waals surface area contributed by atoms with Gasteiger partial charge in [0.25, 0.3) is 0 Å². The molecule has 2 atom stereocenters. The van der Waals surface area contributed by atoms with E-state index in [1.807, 2.05) is 4.52 Å². The number of aromatic nitrogens is 4. The van der Waals surface area contributed by atoms with Crippen LogP contribution in [-0.4, -0.2) is 39.1 Å². The molecular formula is C10H15N5OS. The van der Waals surface area contributed by atoms with Crippen molar-refractivity contribution >= 4 is 16.3 Å². The zero-order valence-electron chi connectivity index (χ0n) is 9.83. The largest absolute Gasteiger partial charge is 0.379 e. The monoisotopic (exact) mass is 253 g/mol. The van der Waals surface area contributed by atoms with Crippen LogP contribution in [0, 0.1) is 0 Å². The van der Waals surface area contributed by atoms with Crippen molar-refractivity contribution < 1.29 is 4.74 Å². The van der Waals surface area contributed by atoms with Crippen molar-refractivity contribution in [2.45, 2.75) is 31.7 Å². The Bertz CT molecular complexity index is 534. The molecule has 0 aliphatic carbocycles. The SMILES string of the molecule is CC(C)c1nnc2sc(C3COCC3N)nn12. The molecule has 6 nitrogen and oxygen atoms in total. The van der Waals surface area contributed by atoms with Gasteiger partial charge in [0.1, 0.15) is 5.01 Å². The van der Waals surface area contributed by atoms with Gasteiger partial charge in [0.2, 0.25) is 4.96 Å². The molecule has 2 unspecified atom stereocenters. The Morgan fingerprint density at radius 2 is 2.24 bits per heavy atom. The van der Waals surface area contributed by atoms with Crippen LogP contribution in [0.3, 0.4) is 0 Å². The number of nitrogens with zero attached hydrogens (tertiary/aromatic N) is 4. The van der Waals surface area contributed by atoms with Crippen molar-refractivity contribution in [3.8, 4) is 0 Å². The van der Waals surface area contributed by atoms with Gasteiger partial charge in [-0.15, -0.1) is 10.2 Å². The Morgan fingerprint density at radius 1 is 1.41 bits per heavy atom. The molecule has 2 aromatic heterocycles. The minimum atomic E-state index is 0.0429. The molecule has 0 spiro atoms. The quantitative estimate of drug-likeness (QED) is 0.854. The van der Waals surface area contributed by atoms with Crippen LogP contribution in [0.25, 0.3) is 4.96 Å². The molecule has 1 aliphatic rings. The van der Waals surface area contributed by atoms with Crippen molar-refractivity contribution in [2.75, 3.05) is 13.2 Å². The first-order chi connectivity index (χ1) is 8.16. The molecule has 1 fully saturated rings. The predicted molar refractivity (Wildman–Crippen MR) is 64.3 cm³/mol. The van der Waals surface area contributed by atoms with E-state index in [0.29, 0.717) is 19.1 Å². The minimum absolute atomic E-state index is 0.0429. The average Bonchev–Trinajstić information content (AvgIpc) is 2.89. The predicted octanol–water partition coefficient (Wildman–Crippen LogP) is 0.750. The summed E-state index contributed by atoms with van der Waals surface area (Å²) < 4.78 is 7.20. The molecule has 0 bridgehead atoms. The molecule has 3 heterocycles. The number of hydrogen-bond acceptors (Lipinski definition) is 6. The summed E-state index contributed by atoms with van der Waals surface area (Å²) in [7, 11) is 0. The highest BCUT2D eigenvalue weighted by Gasteiger charge is 2.30. The number of rotatable bonds is 2. The van der Waals surface area contributed by atoms with Crippen LogP contribution in [0.5, 0.6) is 0 Å². The van der Waals surface area contributed by atoms with Gasteiger partial charge >= 0.3 is 0 Å². The van der Waals surface area contributed by atoms with E-state index in [-0.39, 0.29) is 12.0 Å². The van der Waals surface area contributed by atoms with Crippen LogP contribution in [0.1, 0.15) is 36.5 Å². The lowest BCUT2D eigenvalue weighted by Gasteiger charge is -2.08. The maximum absolute atomic E-state index is 6.00. The van der Waals surface area contributed by atoms with Crippen molar-refractivity contribution in [1.82, 2.24) is 19.8 Å². The zero-order chi connectivity index (χ0) is 12.0. The summed E-state index contributed by atoms with van der Waals surface area (Å²) in [5.41, 5.74) is 6.00. The van der Waals surface area contributed by atoms with Gasteiger partial charge < -0.3 is 10.5 Å². The Morgan fingerprint density at radius 3 is 2.88 bits per heavy atom. The highest BCUT2D eigenvalue weighted by molar-refractivity contribution is 7.16. The summed E-state index contributed by atoms with van der Waals surface area (Å²) in [4.78, 5) is 0.836. The van der Waals surface area contributed by atoms with Gasteiger partial charge in [-0.05, 0) is 0 Å². The number of hydrogen-bond donors (Lipinski definition) is 1. The molecule has 1 aliphatic heterocycles. The number of fused-ring (bicyclic) bond motifs is 1. The average molecular weight is 253 g/mol. The van der Waals surface area contributed by atoms with Gasteiger partial charge in [-0.2, -0.15) is 9.61 Å². The molecule has 3 rings (SSSR count). The molecule has 0 saturated carbocycles. The minimum Gasteiger partial charge on any atom is -0.379 e. The van der Waals surface area contributed by atoms with E-state index in [9.17, 15) is 0 Å². The van der Waals surface area contributed by atoms with Crippen molar-refractivity contribution in [3.05, 3.63) is 10.8 Å². The summed E-state index contributed by atoms with van der Waals surface area (Å²) in [5.74, 6) is 1.41. The number of ether oxygens (including phenoxy) is 1. The van der Waals surface area contributed by atoms with E-state index in [4.69, 9.17) is 10.5 Å². The second-order valence-corrected chi connectivity index (χ2v) is 5.64. The highest BCUT2D eigenvalue weighted by atomic mass is 32.1. The van der Waals surface area contributed by atoms with E-state index in [1.165, 1.54) is 0 Å². The van der Waals surface area contributed by atoms with Gasteiger partial charge in [-0.25, -0.2) is 0 Å². The normalized spacial score (nSPS) is 25.2. The van der Waals surface area contributed by atoms with Crippen molar-refractivity contribution in [3.63, 3.8) is 0 Å². The fourth-order valence-electron chi connectivity index (χ4n) is 1.98. The second-order valence-electron chi connectivity index (χ2n) is 4.66. The number of nitrogens with two attached hydrogens (primary N) is 1. The third-order valence-electron chi connectivity index (χ3n) is 2.99. The Balaban J connectivity index is 2.02. The smallest absolute Gasteiger partial charge is 0.234 e. The standard InChI is InChI=1S/C10H15N5OS/c1-5(2)8-12-13-10-15(8)14-9(17-10)6-3-16-4-7(6)11/h5-7H,3-4,11H2,1-2H3. The summed E-state index contributed by atoms with van der Waals surface area (Å²) >= 11 is 1.55. The van der Waals surface area contributed by atoms with E-state index < -0.39 is 0 Å². The zero-order valence-corrected chi connectivity index (χ0v) is 10.6. The molecule has 0 amide bonds.